The number of rotatable bonds is 2. The molecule has 2 aromatic rings. The third kappa shape index (κ3) is 1.65. The second-order valence-electron chi connectivity index (χ2n) is 3.72. The van der Waals surface area contributed by atoms with Crippen LogP contribution in [0, 0.1) is 0 Å². The summed E-state index contributed by atoms with van der Waals surface area (Å²) in [5.74, 6) is 0. The van der Waals surface area contributed by atoms with Crippen LogP contribution in [-0.2, 0) is 12.8 Å². The third-order valence-electron chi connectivity index (χ3n) is 2.79. The highest BCUT2D eigenvalue weighted by Crippen LogP contribution is 2.18. The fourth-order valence-electron chi connectivity index (χ4n) is 1.78. The molecular weight excluding hydrogens is 168 g/mol. The molecule has 0 aromatic heterocycles. The second-order valence-corrected chi connectivity index (χ2v) is 3.72. The summed E-state index contributed by atoms with van der Waals surface area (Å²) in [7, 11) is 0. The molecular formula is C14H16. The first-order valence-electron chi connectivity index (χ1n) is 5.35. The monoisotopic (exact) mass is 184 g/mol. The van der Waals surface area contributed by atoms with Gasteiger partial charge in [-0.15, -0.1) is 0 Å². The second kappa shape index (κ2) is 3.83. The average Bonchev–Trinajstić information content (AvgIpc) is 2.27. The highest BCUT2D eigenvalue weighted by Gasteiger charge is 1.96. The van der Waals surface area contributed by atoms with Gasteiger partial charge in [-0.3, -0.25) is 0 Å². The first-order valence-corrected chi connectivity index (χ1v) is 5.35. The van der Waals surface area contributed by atoms with Crippen molar-refractivity contribution in [1.29, 1.82) is 0 Å². The number of hydrogen-bond acceptors (Lipinski definition) is 0. The van der Waals surface area contributed by atoms with Gasteiger partial charge in [0.1, 0.15) is 0 Å². The standard InChI is InChI=1S/C14H16/c1-3-11-5-7-14-10-12(4-2)6-8-13(14)9-11/h5-10H,3-4H2,1-2H3. The van der Waals surface area contributed by atoms with Gasteiger partial charge >= 0.3 is 0 Å². The molecule has 0 heteroatoms. The van der Waals surface area contributed by atoms with Crippen molar-refractivity contribution in [3.8, 4) is 0 Å². The summed E-state index contributed by atoms with van der Waals surface area (Å²) in [4.78, 5) is 0. The van der Waals surface area contributed by atoms with E-state index in [1.807, 2.05) is 0 Å². The van der Waals surface area contributed by atoms with Crippen LogP contribution in [0.2, 0.25) is 0 Å². The predicted octanol–water partition coefficient (Wildman–Crippen LogP) is 3.96. The molecule has 0 unspecified atom stereocenters. The summed E-state index contributed by atoms with van der Waals surface area (Å²) in [5.41, 5.74) is 2.84. The molecule has 72 valence electrons. The molecule has 0 bridgehead atoms. The molecule has 0 heterocycles. The normalized spacial score (nSPS) is 10.7. The van der Waals surface area contributed by atoms with Gasteiger partial charge < -0.3 is 0 Å². The lowest BCUT2D eigenvalue weighted by Gasteiger charge is -2.03. The summed E-state index contributed by atoms with van der Waals surface area (Å²) in [6.45, 7) is 4.39. The zero-order valence-corrected chi connectivity index (χ0v) is 8.88. The lowest BCUT2D eigenvalue weighted by Crippen LogP contribution is -1.83. The molecule has 0 radical (unpaired) electrons. The lowest BCUT2D eigenvalue weighted by atomic mass is 10.0. The molecule has 0 fully saturated rings. The van der Waals surface area contributed by atoms with Crippen molar-refractivity contribution in [3.05, 3.63) is 47.5 Å². The topological polar surface area (TPSA) is 0 Å². The maximum Gasteiger partial charge on any atom is -0.0181 e. The zero-order valence-electron chi connectivity index (χ0n) is 8.88. The van der Waals surface area contributed by atoms with Gasteiger partial charge in [0.15, 0.2) is 0 Å². The molecule has 0 spiro atoms. The van der Waals surface area contributed by atoms with Crippen LogP contribution in [0.3, 0.4) is 0 Å². The number of benzene rings is 2. The minimum Gasteiger partial charge on any atom is -0.0613 e. The first kappa shape index (κ1) is 9.26. The van der Waals surface area contributed by atoms with E-state index in [-0.39, 0.29) is 0 Å². The van der Waals surface area contributed by atoms with Crippen molar-refractivity contribution in [1.82, 2.24) is 0 Å². The van der Waals surface area contributed by atoms with E-state index in [9.17, 15) is 0 Å². The largest absolute Gasteiger partial charge is 0.0613 e. The first-order chi connectivity index (χ1) is 6.83. The summed E-state index contributed by atoms with van der Waals surface area (Å²) in [5, 5.41) is 2.73. The van der Waals surface area contributed by atoms with Crippen LogP contribution in [0.15, 0.2) is 36.4 Å². The van der Waals surface area contributed by atoms with Crippen molar-refractivity contribution >= 4 is 10.8 Å². The van der Waals surface area contributed by atoms with E-state index in [0.29, 0.717) is 0 Å². The Balaban J connectivity index is 2.57. The summed E-state index contributed by atoms with van der Waals surface area (Å²) in [6.07, 6.45) is 2.23. The zero-order chi connectivity index (χ0) is 9.97. The highest BCUT2D eigenvalue weighted by atomic mass is 14.0. The molecule has 0 saturated heterocycles. The van der Waals surface area contributed by atoms with Crippen molar-refractivity contribution in [2.24, 2.45) is 0 Å². The van der Waals surface area contributed by atoms with Crippen LogP contribution in [0.1, 0.15) is 25.0 Å². The van der Waals surface area contributed by atoms with E-state index in [2.05, 4.69) is 50.2 Å². The SMILES string of the molecule is CCc1ccc2cc(CC)ccc2c1. The molecule has 0 saturated carbocycles. The summed E-state index contributed by atoms with van der Waals surface area (Å²) in [6, 6.07) is 13.5. The highest BCUT2D eigenvalue weighted by molar-refractivity contribution is 5.83. The quantitative estimate of drug-likeness (QED) is 0.662. The predicted molar refractivity (Wildman–Crippen MR) is 62.7 cm³/mol. The van der Waals surface area contributed by atoms with Gasteiger partial charge in [-0.05, 0) is 34.7 Å². The van der Waals surface area contributed by atoms with Gasteiger partial charge in [0, 0.05) is 0 Å². The molecule has 2 rings (SSSR count). The van der Waals surface area contributed by atoms with Crippen LogP contribution >= 0.6 is 0 Å². The van der Waals surface area contributed by atoms with Crippen molar-refractivity contribution in [2.45, 2.75) is 26.7 Å². The molecule has 0 aliphatic carbocycles. The van der Waals surface area contributed by atoms with Crippen molar-refractivity contribution in [2.75, 3.05) is 0 Å². The van der Waals surface area contributed by atoms with E-state index >= 15 is 0 Å². The minimum absolute atomic E-state index is 1.12. The Morgan fingerprint density at radius 3 is 1.50 bits per heavy atom. The van der Waals surface area contributed by atoms with Gasteiger partial charge in [0.25, 0.3) is 0 Å². The van der Waals surface area contributed by atoms with Crippen LogP contribution < -0.4 is 0 Å². The van der Waals surface area contributed by atoms with E-state index in [4.69, 9.17) is 0 Å². The Morgan fingerprint density at radius 2 is 1.14 bits per heavy atom. The molecule has 14 heavy (non-hydrogen) atoms. The number of aryl methyl sites for hydroxylation is 2. The van der Waals surface area contributed by atoms with Gasteiger partial charge in [0.2, 0.25) is 0 Å². The average molecular weight is 184 g/mol. The molecule has 0 nitrogen and oxygen atoms in total. The fourth-order valence-corrected chi connectivity index (χ4v) is 1.78. The van der Waals surface area contributed by atoms with Crippen LogP contribution in [-0.4, -0.2) is 0 Å². The Labute approximate surface area is 85.6 Å². The maximum atomic E-state index is 2.29. The van der Waals surface area contributed by atoms with E-state index < -0.39 is 0 Å². The molecule has 0 atom stereocenters. The Morgan fingerprint density at radius 1 is 0.714 bits per heavy atom. The fraction of sp³-hybridized carbons (Fsp3) is 0.286. The Bertz CT molecular complexity index is 397. The minimum atomic E-state index is 1.12. The summed E-state index contributed by atoms with van der Waals surface area (Å²) < 4.78 is 0. The molecule has 0 amide bonds. The Kier molecular flexibility index (Phi) is 2.53. The lowest BCUT2D eigenvalue weighted by molar-refractivity contribution is 1.14. The summed E-state index contributed by atoms with van der Waals surface area (Å²) >= 11 is 0. The maximum absolute atomic E-state index is 2.29. The molecule has 0 N–H and O–H groups in total. The van der Waals surface area contributed by atoms with E-state index in [1.54, 1.807) is 0 Å². The van der Waals surface area contributed by atoms with Gasteiger partial charge in [-0.2, -0.15) is 0 Å². The van der Waals surface area contributed by atoms with Gasteiger partial charge in [-0.1, -0.05) is 50.2 Å². The van der Waals surface area contributed by atoms with Crippen LogP contribution in [0.5, 0.6) is 0 Å². The number of hydrogen-bond donors (Lipinski definition) is 0. The van der Waals surface area contributed by atoms with Gasteiger partial charge in [0.05, 0.1) is 0 Å². The smallest absolute Gasteiger partial charge is 0.0181 e. The molecule has 0 aliphatic heterocycles. The number of fused-ring (bicyclic) bond motifs is 1. The molecule has 0 aliphatic rings. The van der Waals surface area contributed by atoms with Gasteiger partial charge in [-0.25, -0.2) is 0 Å². The van der Waals surface area contributed by atoms with E-state index in [0.717, 1.165) is 12.8 Å². The van der Waals surface area contributed by atoms with E-state index in [1.165, 1.54) is 21.9 Å². The van der Waals surface area contributed by atoms with Crippen LogP contribution in [0.25, 0.3) is 10.8 Å². The Hall–Kier alpha value is -1.30. The van der Waals surface area contributed by atoms with Crippen LogP contribution in [0.4, 0.5) is 0 Å². The van der Waals surface area contributed by atoms with Crippen molar-refractivity contribution < 1.29 is 0 Å². The third-order valence-corrected chi connectivity index (χ3v) is 2.79. The van der Waals surface area contributed by atoms with Crippen molar-refractivity contribution in [3.63, 3.8) is 0 Å². The molecule has 2 aromatic carbocycles.